The lowest BCUT2D eigenvalue weighted by atomic mass is 10.2. The van der Waals surface area contributed by atoms with Gasteiger partial charge in [0.25, 0.3) is 0 Å². The van der Waals surface area contributed by atoms with Crippen molar-refractivity contribution in [3.8, 4) is 11.5 Å². The second kappa shape index (κ2) is 7.96. The third kappa shape index (κ3) is 4.26. The molecule has 0 saturated carbocycles. The van der Waals surface area contributed by atoms with Crippen molar-refractivity contribution >= 4 is 33.1 Å². The van der Waals surface area contributed by atoms with Crippen LogP contribution < -0.4 is 14.8 Å². The number of fused-ring (bicyclic) bond motifs is 1. The maximum Gasteiger partial charge on any atom is 0.250 e. The number of amides is 1. The number of thiazole rings is 1. The van der Waals surface area contributed by atoms with E-state index in [0.717, 1.165) is 15.2 Å². The second-order valence-corrected chi connectivity index (χ2v) is 6.30. The van der Waals surface area contributed by atoms with Gasteiger partial charge in [-0.1, -0.05) is 12.1 Å². The summed E-state index contributed by atoms with van der Waals surface area (Å²) in [4.78, 5) is 16.5. The molecule has 0 fully saturated rings. The molecule has 7 heteroatoms. The summed E-state index contributed by atoms with van der Waals surface area (Å²) in [5.41, 5.74) is 1.56. The molecule has 1 amide bonds. The molecule has 0 radical (unpaired) electrons. The molecule has 3 rings (SSSR count). The number of benzene rings is 2. The molecule has 1 heterocycles. The van der Waals surface area contributed by atoms with Gasteiger partial charge in [-0.05, 0) is 24.3 Å². The van der Waals surface area contributed by atoms with Gasteiger partial charge in [0.15, 0.2) is 11.5 Å². The highest BCUT2D eigenvalue weighted by molar-refractivity contribution is 7.18. The lowest BCUT2D eigenvalue weighted by molar-refractivity contribution is -0.121. The van der Waals surface area contributed by atoms with E-state index in [-0.39, 0.29) is 12.5 Å². The summed E-state index contributed by atoms with van der Waals surface area (Å²) in [6.07, 6.45) is 0. The molecule has 3 aromatic rings. The number of ether oxygens (including phenoxy) is 3. The van der Waals surface area contributed by atoms with E-state index >= 15 is 0 Å². The van der Waals surface area contributed by atoms with Gasteiger partial charge in [-0.15, -0.1) is 11.3 Å². The third-order valence-corrected chi connectivity index (χ3v) is 4.47. The Labute approximate surface area is 149 Å². The van der Waals surface area contributed by atoms with Crippen LogP contribution in [-0.2, 0) is 16.1 Å². The number of para-hydroxylation sites is 1. The van der Waals surface area contributed by atoms with Crippen LogP contribution in [0.25, 0.3) is 10.2 Å². The standard InChI is InChI=1S/C18H18N2O4S/c1-22-14-8-7-12(9-15(14)23-2)19-17(21)10-24-11-18-20-13-5-3-4-6-16(13)25-18/h3-9H,10-11H2,1-2H3,(H,19,21). The number of nitrogens with one attached hydrogen (secondary N) is 1. The van der Waals surface area contributed by atoms with E-state index in [1.807, 2.05) is 24.3 Å². The highest BCUT2D eigenvalue weighted by Gasteiger charge is 2.09. The zero-order valence-corrected chi connectivity index (χ0v) is 14.8. The Morgan fingerprint density at radius 1 is 1.12 bits per heavy atom. The molecule has 0 aliphatic heterocycles. The summed E-state index contributed by atoms with van der Waals surface area (Å²) in [6.45, 7) is 0.253. The molecule has 0 bridgehead atoms. The quantitative estimate of drug-likeness (QED) is 0.700. The van der Waals surface area contributed by atoms with Crippen LogP contribution in [-0.4, -0.2) is 31.7 Å². The minimum Gasteiger partial charge on any atom is -0.493 e. The summed E-state index contributed by atoms with van der Waals surface area (Å²) in [7, 11) is 3.11. The summed E-state index contributed by atoms with van der Waals surface area (Å²) in [5, 5.41) is 3.61. The number of carbonyl (C=O) groups is 1. The van der Waals surface area contributed by atoms with Gasteiger partial charge in [0, 0.05) is 11.8 Å². The van der Waals surface area contributed by atoms with Crippen molar-refractivity contribution in [2.24, 2.45) is 0 Å². The highest BCUT2D eigenvalue weighted by Crippen LogP contribution is 2.29. The van der Waals surface area contributed by atoms with Gasteiger partial charge in [0.05, 0.1) is 31.0 Å². The number of aromatic nitrogens is 1. The number of hydrogen-bond acceptors (Lipinski definition) is 6. The van der Waals surface area contributed by atoms with Crippen molar-refractivity contribution in [3.05, 3.63) is 47.5 Å². The number of nitrogens with zero attached hydrogens (tertiary/aromatic N) is 1. The Morgan fingerprint density at radius 3 is 2.68 bits per heavy atom. The Balaban J connectivity index is 1.52. The smallest absolute Gasteiger partial charge is 0.250 e. The monoisotopic (exact) mass is 358 g/mol. The van der Waals surface area contributed by atoms with Crippen LogP contribution in [0.4, 0.5) is 5.69 Å². The molecule has 1 aromatic heterocycles. The molecule has 2 aromatic carbocycles. The van der Waals surface area contributed by atoms with Crippen molar-refractivity contribution in [2.75, 3.05) is 26.1 Å². The Morgan fingerprint density at radius 2 is 1.92 bits per heavy atom. The van der Waals surface area contributed by atoms with Crippen LogP contribution in [0.2, 0.25) is 0 Å². The van der Waals surface area contributed by atoms with Crippen LogP contribution in [0.3, 0.4) is 0 Å². The Kier molecular flexibility index (Phi) is 5.47. The maximum atomic E-state index is 12.0. The van der Waals surface area contributed by atoms with Crippen LogP contribution >= 0.6 is 11.3 Å². The average Bonchev–Trinajstić information content (AvgIpc) is 3.04. The predicted molar refractivity (Wildman–Crippen MR) is 97.5 cm³/mol. The molecule has 0 saturated heterocycles. The summed E-state index contributed by atoms with van der Waals surface area (Å²) in [6, 6.07) is 13.1. The lowest BCUT2D eigenvalue weighted by Gasteiger charge is -2.10. The van der Waals surface area contributed by atoms with E-state index in [2.05, 4.69) is 10.3 Å². The van der Waals surface area contributed by atoms with E-state index in [0.29, 0.717) is 23.8 Å². The van der Waals surface area contributed by atoms with Crippen molar-refractivity contribution < 1.29 is 19.0 Å². The van der Waals surface area contributed by atoms with Crippen LogP contribution in [0.1, 0.15) is 5.01 Å². The first kappa shape index (κ1) is 17.2. The largest absolute Gasteiger partial charge is 0.493 e. The number of methoxy groups -OCH3 is 2. The summed E-state index contributed by atoms with van der Waals surface area (Å²) < 4.78 is 17.0. The molecule has 0 aliphatic carbocycles. The second-order valence-electron chi connectivity index (χ2n) is 5.19. The van der Waals surface area contributed by atoms with Gasteiger partial charge in [0.2, 0.25) is 5.91 Å². The van der Waals surface area contributed by atoms with E-state index in [4.69, 9.17) is 14.2 Å². The zero-order chi connectivity index (χ0) is 17.6. The van der Waals surface area contributed by atoms with Crippen molar-refractivity contribution in [1.29, 1.82) is 0 Å². The SMILES string of the molecule is COc1ccc(NC(=O)COCc2nc3ccccc3s2)cc1OC. The van der Waals surface area contributed by atoms with Gasteiger partial charge >= 0.3 is 0 Å². The highest BCUT2D eigenvalue weighted by atomic mass is 32.1. The third-order valence-electron chi connectivity index (χ3n) is 3.46. The Bertz CT molecular complexity index is 845. The fraction of sp³-hybridized carbons (Fsp3) is 0.222. The topological polar surface area (TPSA) is 69.7 Å². The van der Waals surface area contributed by atoms with E-state index in [1.54, 1.807) is 43.8 Å². The predicted octanol–water partition coefficient (Wildman–Crippen LogP) is 3.47. The van der Waals surface area contributed by atoms with Crippen LogP contribution in [0, 0.1) is 0 Å². The summed E-state index contributed by atoms with van der Waals surface area (Å²) in [5.74, 6) is 0.914. The first-order valence-electron chi connectivity index (χ1n) is 7.63. The molecular weight excluding hydrogens is 340 g/mol. The van der Waals surface area contributed by atoms with Crippen molar-refractivity contribution in [3.63, 3.8) is 0 Å². The van der Waals surface area contributed by atoms with Gasteiger partial charge in [-0.25, -0.2) is 4.98 Å². The zero-order valence-electron chi connectivity index (χ0n) is 13.9. The molecule has 25 heavy (non-hydrogen) atoms. The number of anilines is 1. The fourth-order valence-corrected chi connectivity index (χ4v) is 3.23. The maximum absolute atomic E-state index is 12.0. The number of rotatable bonds is 7. The summed E-state index contributed by atoms with van der Waals surface area (Å²) >= 11 is 1.56. The molecule has 0 aliphatic rings. The molecule has 130 valence electrons. The Hall–Kier alpha value is -2.64. The van der Waals surface area contributed by atoms with Gasteiger partial charge in [-0.3, -0.25) is 4.79 Å². The van der Waals surface area contributed by atoms with E-state index in [1.165, 1.54) is 0 Å². The van der Waals surface area contributed by atoms with E-state index < -0.39 is 0 Å². The molecule has 0 spiro atoms. The van der Waals surface area contributed by atoms with Gasteiger partial charge in [0.1, 0.15) is 11.6 Å². The molecule has 1 N–H and O–H groups in total. The fourth-order valence-electron chi connectivity index (χ4n) is 2.32. The van der Waals surface area contributed by atoms with Crippen LogP contribution in [0.15, 0.2) is 42.5 Å². The number of carbonyl (C=O) groups excluding carboxylic acids is 1. The van der Waals surface area contributed by atoms with E-state index in [9.17, 15) is 4.79 Å². The minimum atomic E-state index is -0.242. The normalized spacial score (nSPS) is 10.6. The van der Waals surface area contributed by atoms with Gasteiger partial charge in [-0.2, -0.15) is 0 Å². The van der Waals surface area contributed by atoms with Crippen molar-refractivity contribution in [1.82, 2.24) is 4.98 Å². The molecule has 0 atom stereocenters. The molecule has 0 unspecified atom stereocenters. The molecule has 6 nitrogen and oxygen atoms in total. The lowest BCUT2D eigenvalue weighted by Crippen LogP contribution is -2.18. The van der Waals surface area contributed by atoms with Gasteiger partial charge < -0.3 is 19.5 Å². The first-order valence-corrected chi connectivity index (χ1v) is 8.45. The number of hydrogen-bond donors (Lipinski definition) is 1. The minimum absolute atomic E-state index is 0.0513. The van der Waals surface area contributed by atoms with Crippen LogP contribution in [0.5, 0.6) is 11.5 Å². The molecular formula is C18H18N2O4S. The van der Waals surface area contributed by atoms with Crippen molar-refractivity contribution in [2.45, 2.75) is 6.61 Å². The first-order chi connectivity index (χ1) is 12.2. The average molecular weight is 358 g/mol.